The van der Waals surface area contributed by atoms with Gasteiger partial charge < -0.3 is 19.7 Å². The zero-order valence-corrected chi connectivity index (χ0v) is 12.2. The molecule has 0 aromatic heterocycles. The van der Waals surface area contributed by atoms with Crippen LogP contribution in [0.5, 0.6) is 11.5 Å². The Bertz CT molecular complexity index is 521. The van der Waals surface area contributed by atoms with Crippen molar-refractivity contribution in [3.63, 3.8) is 0 Å². The van der Waals surface area contributed by atoms with E-state index in [-0.39, 0.29) is 18.4 Å². The number of nitrogens with zero attached hydrogens (tertiary/aromatic N) is 1. The second-order valence-corrected chi connectivity index (χ2v) is 5.14. The number of carbonyl (C=O) groups excluding carboxylic acids is 2. The predicted octanol–water partition coefficient (Wildman–Crippen LogP) is 1.18. The highest BCUT2D eigenvalue weighted by atomic mass is 32.2. The molecule has 20 heavy (non-hydrogen) atoms. The van der Waals surface area contributed by atoms with E-state index < -0.39 is 0 Å². The molecule has 1 heterocycles. The summed E-state index contributed by atoms with van der Waals surface area (Å²) in [5.74, 6) is 1.91. The first-order chi connectivity index (χ1) is 9.63. The van der Waals surface area contributed by atoms with Gasteiger partial charge in [0.05, 0.1) is 31.5 Å². The molecule has 7 heteroatoms. The van der Waals surface area contributed by atoms with Gasteiger partial charge in [-0.3, -0.25) is 9.59 Å². The fraction of sp³-hybridized carbons (Fsp3) is 0.385. The number of benzene rings is 1. The van der Waals surface area contributed by atoms with Gasteiger partial charge in [0.25, 0.3) is 0 Å². The standard InChI is InChI=1S/C13H16N2O4S/c1-18-9-3-4-10(11(5-9)19-2)14-12(16)6-15-8-20-7-13(15)17/h3-5H,6-8H2,1-2H3,(H,14,16). The third-order valence-electron chi connectivity index (χ3n) is 2.84. The molecule has 1 fully saturated rings. The molecule has 2 amide bonds. The molecule has 1 aliphatic heterocycles. The minimum absolute atomic E-state index is 0.00755. The highest BCUT2D eigenvalue weighted by Gasteiger charge is 2.23. The third kappa shape index (κ3) is 3.36. The van der Waals surface area contributed by atoms with Gasteiger partial charge in [-0.15, -0.1) is 11.8 Å². The molecule has 0 bridgehead atoms. The molecule has 0 unspecified atom stereocenters. The van der Waals surface area contributed by atoms with Crippen LogP contribution in [0.25, 0.3) is 0 Å². The number of hydrogen-bond donors (Lipinski definition) is 1. The van der Waals surface area contributed by atoms with E-state index in [4.69, 9.17) is 9.47 Å². The van der Waals surface area contributed by atoms with E-state index in [1.165, 1.54) is 23.8 Å². The molecular weight excluding hydrogens is 280 g/mol. The van der Waals surface area contributed by atoms with Gasteiger partial charge in [-0.1, -0.05) is 0 Å². The molecule has 6 nitrogen and oxygen atoms in total. The van der Waals surface area contributed by atoms with Crippen LogP contribution in [0.1, 0.15) is 0 Å². The van der Waals surface area contributed by atoms with E-state index in [1.54, 1.807) is 25.3 Å². The second-order valence-electron chi connectivity index (χ2n) is 4.18. The molecular formula is C13H16N2O4S. The Hall–Kier alpha value is -1.89. The quantitative estimate of drug-likeness (QED) is 0.883. The summed E-state index contributed by atoms with van der Waals surface area (Å²) in [7, 11) is 3.08. The van der Waals surface area contributed by atoms with Gasteiger partial charge in [0.2, 0.25) is 11.8 Å². The number of methoxy groups -OCH3 is 2. The van der Waals surface area contributed by atoms with E-state index in [1.807, 2.05) is 0 Å². The summed E-state index contributed by atoms with van der Waals surface area (Å²) in [6, 6.07) is 5.12. The van der Waals surface area contributed by atoms with Crippen LogP contribution in [0.3, 0.4) is 0 Å². The summed E-state index contributed by atoms with van der Waals surface area (Å²) in [5, 5.41) is 2.74. The monoisotopic (exact) mass is 296 g/mol. The lowest BCUT2D eigenvalue weighted by Crippen LogP contribution is -2.34. The average Bonchev–Trinajstić information content (AvgIpc) is 2.84. The van der Waals surface area contributed by atoms with Crippen molar-refractivity contribution in [1.82, 2.24) is 4.90 Å². The lowest BCUT2D eigenvalue weighted by atomic mass is 10.2. The molecule has 108 valence electrons. The Balaban J connectivity index is 2.01. The zero-order chi connectivity index (χ0) is 14.5. The van der Waals surface area contributed by atoms with Gasteiger partial charge in [-0.25, -0.2) is 0 Å². The van der Waals surface area contributed by atoms with Crippen LogP contribution in [-0.2, 0) is 9.59 Å². The van der Waals surface area contributed by atoms with Crippen LogP contribution in [0.4, 0.5) is 5.69 Å². The minimum Gasteiger partial charge on any atom is -0.497 e. The maximum absolute atomic E-state index is 11.9. The largest absolute Gasteiger partial charge is 0.497 e. The second kappa shape index (κ2) is 6.51. The number of carbonyl (C=O) groups is 2. The molecule has 1 aromatic carbocycles. The smallest absolute Gasteiger partial charge is 0.244 e. The molecule has 0 spiro atoms. The Kier molecular flexibility index (Phi) is 4.73. The minimum atomic E-state index is -0.246. The zero-order valence-electron chi connectivity index (χ0n) is 11.3. The number of rotatable bonds is 5. The fourth-order valence-electron chi connectivity index (χ4n) is 1.81. The van der Waals surface area contributed by atoms with Crippen LogP contribution >= 0.6 is 11.8 Å². The van der Waals surface area contributed by atoms with Crippen molar-refractivity contribution in [2.75, 3.05) is 37.7 Å². The van der Waals surface area contributed by atoms with E-state index in [0.29, 0.717) is 28.8 Å². The Morgan fingerprint density at radius 3 is 2.80 bits per heavy atom. The molecule has 1 saturated heterocycles. The van der Waals surface area contributed by atoms with Gasteiger partial charge in [-0.05, 0) is 12.1 Å². The van der Waals surface area contributed by atoms with Crippen molar-refractivity contribution in [3.05, 3.63) is 18.2 Å². The number of thioether (sulfide) groups is 1. The Labute approximate surface area is 121 Å². The average molecular weight is 296 g/mol. The van der Waals surface area contributed by atoms with E-state index >= 15 is 0 Å². The first kappa shape index (κ1) is 14.5. The highest BCUT2D eigenvalue weighted by Crippen LogP contribution is 2.29. The lowest BCUT2D eigenvalue weighted by Gasteiger charge is -2.15. The number of anilines is 1. The van der Waals surface area contributed by atoms with Crippen molar-refractivity contribution in [3.8, 4) is 11.5 Å². The first-order valence-corrected chi connectivity index (χ1v) is 7.17. The lowest BCUT2D eigenvalue weighted by molar-refractivity contribution is -0.130. The van der Waals surface area contributed by atoms with Crippen LogP contribution in [-0.4, -0.2) is 49.1 Å². The summed E-state index contributed by atoms with van der Waals surface area (Å²) in [6.07, 6.45) is 0. The summed E-state index contributed by atoms with van der Waals surface area (Å²) in [6.45, 7) is 0.0566. The number of hydrogen-bond acceptors (Lipinski definition) is 5. The van der Waals surface area contributed by atoms with Crippen molar-refractivity contribution in [2.45, 2.75) is 0 Å². The van der Waals surface area contributed by atoms with Crippen molar-refractivity contribution in [1.29, 1.82) is 0 Å². The van der Waals surface area contributed by atoms with E-state index in [0.717, 1.165) is 0 Å². The van der Waals surface area contributed by atoms with Crippen LogP contribution in [0.2, 0.25) is 0 Å². The van der Waals surface area contributed by atoms with Gasteiger partial charge >= 0.3 is 0 Å². The Morgan fingerprint density at radius 1 is 1.40 bits per heavy atom. The fourth-order valence-corrected chi connectivity index (χ4v) is 2.71. The molecule has 1 aliphatic rings. The van der Waals surface area contributed by atoms with Gasteiger partial charge in [0.15, 0.2) is 0 Å². The van der Waals surface area contributed by atoms with Crippen LogP contribution < -0.4 is 14.8 Å². The summed E-state index contributed by atoms with van der Waals surface area (Å²) in [4.78, 5) is 24.9. The first-order valence-electron chi connectivity index (χ1n) is 6.01. The number of ether oxygens (including phenoxy) is 2. The van der Waals surface area contributed by atoms with E-state index in [9.17, 15) is 9.59 Å². The van der Waals surface area contributed by atoms with Gasteiger partial charge in [0.1, 0.15) is 18.0 Å². The maximum Gasteiger partial charge on any atom is 0.244 e. The van der Waals surface area contributed by atoms with Crippen LogP contribution in [0.15, 0.2) is 18.2 Å². The third-order valence-corrected chi connectivity index (χ3v) is 3.79. The summed E-state index contributed by atoms with van der Waals surface area (Å²) < 4.78 is 10.3. The van der Waals surface area contributed by atoms with Crippen molar-refractivity contribution >= 4 is 29.3 Å². The summed E-state index contributed by atoms with van der Waals surface area (Å²) in [5.41, 5.74) is 0.553. The topological polar surface area (TPSA) is 67.9 Å². The Morgan fingerprint density at radius 2 is 2.20 bits per heavy atom. The predicted molar refractivity (Wildman–Crippen MR) is 77.2 cm³/mol. The normalized spacial score (nSPS) is 14.3. The molecule has 0 radical (unpaired) electrons. The maximum atomic E-state index is 11.9. The SMILES string of the molecule is COc1ccc(NC(=O)CN2CSCC2=O)c(OC)c1. The molecule has 1 N–H and O–H groups in total. The molecule has 0 aliphatic carbocycles. The van der Waals surface area contributed by atoms with Gasteiger partial charge in [0, 0.05) is 6.07 Å². The summed E-state index contributed by atoms with van der Waals surface area (Å²) >= 11 is 1.51. The molecule has 2 rings (SSSR count). The highest BCUT2D eigenvalue weighted by molar-refractivity contribution is 8.00. The van der Waals surface area contributed by atoms with Crippen molar-refractivity contribution in [2.24, 2.45) is 0 Å². The molecule has 0 saturated carbocycles. The van der Waals surface area contributed by atoms with Crippen molar-refractivity contribution < 1.29 is 19.1 Å². The van der Waals surface area contributed by atoms with E-state index in [2.05, 4.69) is 5.32 Å². The number of amides is 2. The molecule has 1 aromatic rings. The van der Waals surface area contributed by atoms with Crippen LogP contribution in [0, 0.1) is 0 Å². The number of nitrogens with one attached hydrogen (secondary N) is 1. The molecule has 0 atom stereocenters. The van der Waals surface area contributed by atoms with Gasteiger partial charge in [-0.2, -0.15) is 0 Å².